The number of piperidine rings is 1. The average molecular weight is 516 g/mol. The first-order valence-electron chi connectivity index (χ1n) is 13.3. The molecule has 2 aliphatic rings. The molecule has 10 heteroatoms. The number of fused-ring (bicyclic) bond motifs is 3. The number of imidazole rings is 1. The fourth-order valence-corrected chi connectivity index (χ4v) is 5.83. The number of aliphatic hydroxyl groups is 1. The monoisotopic (exact) mass is 515 g/mol. The third-order valence-electron chi connectivity index (χ3n) is 7.32. The topological polar surface area (TPSA) is 109 Å². The number of hydrogen-bond donors (Lipinski definition) is 2. The van der Waals surface area contributed by atoms with Crippen LogP contribution >= 0.6 is 0 Å². The fraction of sp³-hybridized carbons (Fsp3) is 0.667. The zero-order valence-electron chi connectivity index (χ0n) is 22.8. The van der Waals surface area contributed by atoms with E-state index in [1.54, 1.807) is 17.7 Å². The van der Waals surface area contributed by atoms with Crippen molar-refractivity contribution in [1.82, 2.24) is 24.3 Å². The van der Waals surface area contributed by atoms with Crippen LogP contribution in [0.25, 0.3) is 11.0 Å². The minimum absolute atomic E-state index is 0.0455. The van der Waals surface area contributed by atoms with E-state index in [1.165, 1.54) is 9.47 Å². The molecule has 3 heterocycles. The van der Waals surface area contributed by atoms with Crippen molar-refractivity contribution >= 4 is 23.2 Å². The molecule has 0 spiro atoms. The molecule has 1 aromatic heterocycles. The number of ether oxygens (including phenoxy) is 1. The first-order valence-corrected chi connectivity index (χ1v) is 13.3. The van der Waals surface area contributed by atoms with Gasteiger partial charge in [-0.15, -0.1) is 0 Å². The number of nitrogens with zero attached hydrogens (tertiary/aromatic N) is 4. The van der Waals surface area contributed by atoms with E-state index >= 15 is 0 Å². The molecule has 2 aromatic rings. The maximum absolute atomic E-state index is 13.3. The Morgan fingerprint density at radius 2 is 1.73 bits per heavy atom. The third kappa shape index (κ3) is 5.85. The molecule has 2 aliphatic heterocycles. The van der Waals surface area contributed by atoms with E-state index in [0.29, 0.717) is 12.1 Å². The van der Waals surface area contributed by atoms with Gasteiger partial charge in [-0.05, 0) is 72.4 Å². The number of aromatic nitrogens is 2. The van der Waals surface area contributed by atoms with Crippen molar-refractivity contribution in [2.75, 3.05) is 20.1 Å². The maximum Gasteiger partial charge on any atom is 0.410 e. The molecular formula is C27H41N5O5. The Morgan fingerprint density at radius 3 is 2.30 bits per heavy atom. The quantitative estimate of drug-likeness (QED) is 0.612. The van der Waals surface area contributed by atoms with Gasteiger partial charge >= 0.3 is 17.8 Å². The molecule has 204 valence electrons. The molecule has 4 atom stereocenters. The molecule has 4 rings (SSSR count). The lowest BCUT2D eigenvalue weighted by molar-refractivity contribution is 0.00932. The maximum atomic E-state index is 13.3. The summed E-state index contributed by atoms with van der Waals surface area (Å²) in [6.45, 7) is 9.96. The summed E-state index contributed by atoms with van der Waals surface area (Å²) in [6.07, 6.45) is 2.36. The average Bonchev–Trinajstić information content (AvgIpc) is 3.20. The third-order valence-corrected chi connectivity index (χ3v) is 7.32. The number of carbonyl (C=O) groups excluding carboxylic acids is 2. The molecule has 2 bridgehead atoms. The summed E-state index contributed by atoms with van der Waals surface area (Å²) in [4.78, 5) is 42.4. The van der Waals surface area contributed by atoms with E-state index in [2.05, 4.69) is 10.2 Å². The number of aliphatic hydroxyl groups excluding tert-OH is 1. The number of carbonyl (C=O) groups is 2. The first kappa shape index (κ1) is 27.2. The van der Waals surface area contributed by atoms with Crippen molar-refractivity contribution in [1.29, 1.82) is 0 Å². The Kier molecular flexibility index (Phi) is 7.71. The molecule has 0 saturated carbocycles. The molecule has 2 N–H and O–H groups in total. The summed E-state index contributed by atoms with van der Waals surface area (Å²) in [6, 6.07) is 7.34. The van der Waals surface area contributed by atoms with Gasteiger partial charge < -0.3 is 20.1 Å². The SMILES string of the molecule is CC(C)n1c(=O)n(C(=O)NC2C[C@H]3CC[C@@H](C2)N3C[C@@H](O)CN(C)C(=O)OC(C)(C)C)c2ccccc21. The van der Waals surface area contributed by atoms with Gasteiger partial charge in [0.05, 0.1) is 23.7 Å². The highest BCUT2D eigenvalue weighted by molar-refractivity contribution is 5.89. The number of rotatable bonds is 6. The number of nitrogens with one attached hydrogen (secondary N) is 1. The van der Waals surface area contributed by atoms with Crippen LogP contribution in [0.4, 0.5) is 9.59 Å². The molecular weight excluding hydrogens is 474 g/mol. The van der Waals surface area contributed by atoms with Gasteiger partial charge in [-0.3, -0.25) is 9.47 Å². The van der Waals surface area contributed by atoms with E-state index in [-0.39, 0.29) is 36.4 Å². The minimum atomic E-state index is -0.701. The summed E-state index contributed by atoms with van der Waals surface area (Å²) in [7, 11) is 1.63. The van der Waals surface area contributed by atoms with Crippen LogP contribution in [-0.4, -0.2) is 86.1 Å². The smallest absolute Gasteiger partial charge is 0.410 e. The number of likely N-dealkylation sites (N-methyl/N-ethyl adjacent to an activating group) is 1. The van der Waals surface area contributed by atoms with Gasteiger partial charge in [0.25, 0.3) is 0 Å². The fourth-order valence-electron chi connectivity index (χ4n) is 5.83. The second-order valence-corrected chi connectivity index (χ2v) is 11.8. The zero-order valence-corrected chi connectivity index (χ0v) is 22.8. The van der Waals surface area contributed by atoms with Crippen LogP contribution in [-0.2, 0) is 4.74 Å². The lowest BCUT2D eigenvalue weighted by atomic mass is 9.97. The van der Waals surface area contributed by atoms with Crippen molar-refractivity contribution in [3.63, 3.8) is 0 Å². The number of benzene rings is 1. The van der Waals surface area contributed by atoms with E-state index < -0.39 is 23.8 Å². The van der Waals surface area contributed by atoms with Gasteiger partial charge in [-0.1, -0.05) is 12.1 Å². The number of amides is 2. The lowest BCUT2D eigenvalue weighted by Gasteiger charge is -2.40. The summed E-state index contributed by atoms with van der Waals surface area (Å²) >= 11 is 0. The number of hydrogen-bond acceptors (Lipinski definition) is 6. The summed E-state index contributed by atoms with van der Waals surface area (Å²) in [5.74, 6) is 0. The minimum Gasteiger partial charge on any atom is -0.444 e. The summed E-state index contributed by atoms with van der Waals surface area (Å²) < 4.78 is 8.28. The van der Waals surface area contributed by atoms with Crippen molar-refractivity contribution in [3.8, 4) is 0 Å². The standard InChI is InChI=1S/C27H41N5O5/c1-17(2)31-22-9-7-8-10-23(22)32(25(31)35)24(34)28-18-13-19-11-12-20(14-18)30(19)16-21(33)15-29(6)26(36)37-27(3,4)5/h7-10,17-21,33H,11-16H2,1-6H3,(H,28,34)/t18?,19-,20+,21-/m0/s1. The molecule has 1 unspecified atom stereocenters. The van der Waals surface area contributed by atoms with Crippen molar-refractivity contribution in [3.05, 3.63) is 34.7 Å². The van der Waals surface area contributed by atoms with Gasteiger partial charge in [-0.25, -0.2) is 19.0 Å². The van der Waals surface area contributed by atoms with Crippen LogP contribution in [0.3, 0.4) is 0 Å². The Balaban J connectivity index is 1.38. The van der Waals surface area contributed by atoms with Crippen LogP contribution in [0.5, 0.6) is 0 Å². The van der Waals surface area contributed by atoms with E-state index in [4.69, 9.17) is 4.74 Å². The second kappa shape index (κ2) is 10.5. The Bertz CT molecular complexity index is 1180. The number of para-hydroxylation sites is 2. The van der Waals surface area contributed by atoms with Gasteiger partial charge in [-0.2, -0.15) is 0 Å². The van der Waals surface area contributed by atoms with Crippen LogP contribution in [0.1, 0.15) is 66.3 Å². The largest absolute Gasteiger partial charge is 0.444 e. The van der Waals surface area contributed by atoms with Gasteiger partial charge in [0.15, 0.2) is 0 Å². The Labute approximate surface area is 218 Å². The molecule has 10 nitrogen and oxygen atoms in total. The van der Waals surface area contributed by atoms with E-state index in [1.807, 2.05) is 52.8 Å². The summed E-state index contributed by atoms with van der Waals surface area (Å²) in [5, 5.41) is 13.8. The van der Waals surface area contributed by atoms with Gasteiger partial charge in [0.1, 0.15) is 5.60 Å². The molecule has 0 radical (unpaired) electrons. The van der Waals surface area contributed by atoms with Crippen molar-refractivity contribution in [2.45, 2.75) is 96.2 Å². The van der Waals surface area contributed by atoms with Crippen LogP contribution in [0.2, 0.25) is 0 Å². The molecule has 2 fully saturated rings. The second-order valence-electron chi connectivity index (χ2n) is 11.8. The highest BCUT2D eigenvalue weighted by atomic mass is 16.6. The Hall–Kier alpha value is -2.85. The van der Waals surface area contributed by atoms with Crippen LogP contribution < -0.4 is 11.0 Å². The van der Waals surface area contributed by atoms with Crippen molar-refractivity contribution < 1.29 is 19.4 Å². The van der Waals surface area contributed by atoms with Gasteiger partial charge in [0.2, 0.25) is 0 Å². The highest BCUT2D eigenvalue weighted by Crippen LogP contribution is 2.36. The van der Waals surface area contributed by atoms with Crippen LogP contribution in [0, 0.1) is 0 Å². The molecule has 1 aromatic carbocycles. The molecule has 2 saturated heterocycles. The van der Waals surface area contributed by atoms with E-state index in [0.717, 1.165) is 31.2 Å². The van der Waals surface area contributed by atoms with Crippen LogP contribution in [0.15, 0.2) is 29.1 Å². The normalized spacial score (nSPS) is 22.9. The first-order chi connectivity index (χ1) is 17.4. The molecule has 2 amide bonds. The van der Waals surface area contributed by atoms with Gasteiger partial charge in [0, 0.05) is 37.8 Å². The Morgan fingerprint density at radius 1 is 1.14 bits per heavy atom. The lowest BCUT2D eigenvalue weighted by Crippen LogP contribution is -2.54. The predicted octanol–water partition coefficient (Wildman–Crippen LogP) is 3.16. The van der Waals surface area contributed by atoms with Crippen molar-refractivity contribution in [2.24, 2.45) is 0 Å². The summed E-state index contributed by atoms with van der Waals surface area (Å²) in [5.41, 5.74) is 0.442. The molecule has 37 heavy (non-hydrogen) atoms. The zero-order chi connectivity index (χ0) is 27.1. The predicted molar refractivity (Wildman–Crippen MR) is 142 cm³/mol. The molecule has 0 aliphatic carbocycles. The van der Waals surface area contributed by atoms with E-state index in [9.17, 15) is 19.5 Å². The highest BCUT2D eigenvalue weighted by Gasteiger charge is 2.42.